The molecule has 2 fully saturated rings. The molecule has 1 heterocycles. The van der Waals surface area contributed by atoms with Crippen molar-refractivity contribution in [2.75, 3.05) is 13.2 Å². The van der Waals surface area contributed by atoms with E-state index in [1.165, 1.54) is 0 Å². The van der Waals surface area contributed by atoms with Gasteiger partial charge in [0, 0.05) is 6.42 Å². The van der Waals surface area contributed by atoms with Crippen LogP contribution >= 0.6 is 0 Å². The number of hydrogen-bond acceptors (Lipinski definition) is 3. The van der Waals surface area contributed by atoms with Gasteiger partial charge in [-0.25, -0.2) is 0 Å². The molecular weight excluding hydrogens is 264 g/mol. The summed E-state index contributed by atoms with van der Waals surface area (Å²) in [4.78, 5) is 0. The second-order valence-electron chi connectivity index (χ2n) is 6.58. The summed E-state index contributed by atoms with van der Waals surface area (Å²) in [6, 6.07) is 0. The van der Waals surface area contributed by atoms with Crippen molar-refractivity contribution < 1.29 is 14.6 Å². The average molecular weight is 290 g/mol. The predicted molar refractivity (Wildman–Crippen MR) is 82.7 cm³/mol. The fraction of sp³-hybridized carbons (Fsp3) is 0.667. The molecule has 0 aromatic carbocycles. The van der Waals surface area contributed by atoms with Crippen LogP contribution in [0.15, 0.2) is 37.5 Å². The fourth-order valence-electron chi connectivity index (χ4n) is 4.59. The highest BCUT2D eigenvalue weighted by Gasteiger charge is 2.64. The molecule has 2 bridgehead atoms. The Bertz CT molecular complexity index is 436. The molecule has 3 aliphatic carbocycles. The van der Waals surface area contributed by atoms with E-state index in [-0.39, 0.29) is 17.4 Å². The molecule has 1 saturated heterocycles. The molecule has 0 aromatic heterocycles. The maximum atomic E-state index is 10.7. The van der Waals surface area contributed by atoms with Gasteiger partial charge in [-0.05, 0) is 37.5 Å². The van der Waals surface area contributed by atoms with Crippen molar-refractivity contribution >= 4 is 0 Å². The Balaban J connectivity index is 1.95. The molecule has 0 amide bonds. The summed E-state index contributed by atoms with van der Waals surface area (Å²) in [7, 11) is 0. The van der Waals surface area contributed by atoms with Crippen molar-refractivity contribution in [3.8, 4) is 0 Å². The zero-order chi connectivity index (χ0) is 14.9. The van der Waals surface area contributed by atoms with Crippen molar-refractivity contribution in [3.63, 3.8) is 0 Å². The minimum atomic E-state index is -0.557. The third kappa shape index (κ3) is 2.23. The molecule has 116 valence electrons. The molecule has 0 aromatic rings. The number of ether oxygens (including phenoxy) is 2. The Labute approximate surface area is 127 Å². The lowest BCUT2D eigenvalue weighted by atomic mass is 9.52. The van der Waals surface area contributed by atoms with Crippen LogP contribution in [0.25, 0.3) is 0 Å². The van der Waals surface area contributed by atoms with Crippen LogP contribution in [0.1, 0.15) is 32.1 Å². The van der Waals surface area contributed by atoms with E-state index in [0.717, 1.165) is 32.1 Å². The molecule has 1 spiro atoms. The molecule has 0 unspecified atom stereocenters. The Morgan fingerprint density at radius 3 is 2.71 bits per heavy atom. The SMILES string of the molecule is C=CCC[C@@H](O)[C@H]1C[C@H]2C=C[C@]1(CC=C)C1(C2)OCCO1. The normalized spacial score (nSPS) is 37.8. The van der Waals surface area contributed by atoms with Crippen molar-refractivity contribution in [2.45, 2.75) is 44.0 Å². The summed E-state index contributed by atoms with van der Waals surface area (Å²) in [5, 5.41) is 10.7. The largest absolute Gasteiger partial charge is 0.393 e. The number of allylic oxidation sites excluding steroid dienone is 3. The highest BCUT2D eigenvalue weighted by molar-refractivity contribution is 5.24. The van der Waals surface area contributed by atoms with Crippen LogP contribution in [-0.4, -0.2) is 30.2 Å². The van der Waals surface area contributed by atoms with Gasteiger partial charge in [0.05, 0.1) is 24.7 Å². The number of aliphatic hydroxyl groups is 1. The number of rotatable bonds is 6. The van der Waals surface area contributed by atoms with Gasteiger partial charge < -0.3 is 14.6 Å². The second-order valence-corrected chi connectivity index (χ2v) is 6.58. The van der Waals surface area contributed by atoms with E-state index in [9.17, 15) is 5.11 Å². The molecule has 0 radical (unpaired) electrons. The maximum absolute atomic E-state index is 10.7. The minimum absolute atomic E-state index is 0.164. The molecule has 4 atom stereocenters. The van der Waals surface area contributed by atoms with Crippen LogP contribution in [0, 0.1) is 17.3 Å². The molecule has 3 heteroatoms. The topological polar surface area (TPSA) is 38.7 Å². The van der Waals surface area contributed by atoms with Crippen LogP contribution in [0.2, 0.25) is 0 Å². The Kier molecular flexibility index (Phi) is 4.08. The molecule has 1 N–H and O–H groups in total. The van der Waals surface area contributed by atoms with E-state index in [1.807, 2.05) is 12.2 Å². The zero-order valence-electron chi connectivity index (χ0n) is 12.7. The zero-order valence-corrected chi connectivity index (χ0v) is 12.7. The first-order valence-corrected chi connectivity index (χ1v) is 8.04. The van der Waals surface area contributed by atoms with Gasteiger partial charge in [-0.2, -0.15) is 0 Å². The number of hydrogen-bond donors (Lipinski definition) is 1. The van der Waals surface area contributed by atoms with Gasteiger partial charge in [0.25, 0.3) is 0 Å². The van der Waals surface area contributed by atoms with Crippen LogP contribution in [0.5, 0.6) is 0 Å². The lowest BCUT2D eigenvalue weighted by Gasteiger charge is -2.58. The molecule has 21 heavy (non-hydrogen) atoms. The summed E-state index contributed by atoms with van der Waals surface area (Å²) < 4.78 is 12.2. The van der Waals surface area contributed by atoms with E-state index in [2.05, 4.69) is 25.3 Å². The van der Waals surface area contributed by atoms with Crippen LogP contribution in [0.3, 0.4) is 0 Å². The van der Waals surface area contributed by atoms with E-state index in [4.69, 9.17) is 9.47 Å². The number of fused-ring (bicyclic) bond motifs is 1. The van der Waals surface area contributed by atoms with Gasteiger partial charge in [0.2, 0.25) is 0 Å². The third-order valence-electron chi connectivity index (χ3n) is 5.49. The van der Waals surface area contributed by atoms with E-state index in [0.29, 0.717) is 19.1 Å². The predicted octanol–water partition coefficient (Wildman–Crippen LogP) is 3.22. The van der Waals surface area contributed by atoms with Crippen molar-refractivity contribution in [1.82, 2.24) is 0 Å². The van der Waals surface area contributed by atoms with Gasteiger partial charge in [0.1, 0.15) is 0 Å². The second kappa shape index (κ2) is 5.71. The van der Waals surface area contributed by atoms with Gasteiger partial charge in [-0.15, -0.1) is 13.2 Å². The molecular formula is C18H26O3. The highest BCUT2D eigenvalue weighted by Crippen LogP contribution is 2.61. The standard InChI is InChI=1S/C18H26O3/c1-3-5-6-16(19)15-12-14-7-9-17(15,8-4-2)18(13-14)20-10-11-21-18/h3-4,7,9,14-16,19H,1-2,5-6,8,10-13H2/t14-,15-,16-,17+/m1/s1. The Morgan fingerprint density at radius 1 is 1.29 bits per heavy atom. The number of aliphatic hydroxyl groups excluding tert-OH is 1. The quantitative estimate of drug-likeness (QED) is 0.763. The lowest BCUT2D eigenvalue weighted by Crippen LogP contribution is -2.61. The van der Waals surface area contributed by atoms with Gasteiger partial charge >= 0.3 is 0 Å². The Morgan fingerprint density at radius 2 is 2.05 bits per heavy atom. The van der Waals surface area contributed by atoms with Gasteiger partial charge in [0.15, 0.2) is 5.79 Å². The molecule has 3 nitrogen and oxygen atoms in total. The third-order valence-corrected chi connectivity index (χ3v) is 5.49. The molecule has 1 aliphatic heterocycles. The van der Waals surface area contributed by atoms with E-state index in [1.54, 1.807) is 0 Å². The van der Waals surface area contributed by atoms with Gasteiger partial charge in [-0.1, -0.05) is 24.3 Å². The maximum Gasteiger partial charge on any atom is 0.178 e. The van der Waals surface area contributed by atoms with Gasteiger partial charge in [-0.3, -0.25) is 0 Å². The molecule has 1 saturated carbocycles. The lowest BCUT2D eigenvalue weighted by molar-refractivity contribution is -0.277. The summed E-state index contributed by atoms with van der Waals surface area (Å²) >= 11 is 0. The van der Waals surface area contributed by atoms with E-state index >= 15 is 0 Å². The smallest absolute Gasteiger partial charge is 0.178 e. The fourth-order valence-corrected chi connectivity index (χ4v) is 4.59. The van der Waals surface area contributed by atoms with E-state index < -0.39 is 5.79 Å². The first-order chi connectivity index (χ1) is 10.2. The highest BCUT2D eigenvalue weighted by atomic mass is 16.7. The minimum Gasteiger partial charge on any atom is -0.393 e. The average Bonchev–Trinajstić information content (AvgIpc) is 2.95. The molecule has 4 rings (SSSR count). The van der Waals surface area contributed by atoms with Crippen LogP contribution in [-0.2, 0) is 9.47 Å². The van der Waals surface area contributed by atoms with Crippen LogP contribution in [0.4, 0.5) is 0 Å². The van der Waals surface area contributed by atoms with Crippen molar-refractivity contribution in [3.05, 3.63) is 37.5 Å². The monoisotopic (exact) mass is 290 g/mol. The summed E-state index contributed by atoms with van der Waals surface area (Å²) in [6.07, 6.45) is 12.3. The first kappa shape index (κ1) is 15.0. The summed E-state index contributed by atoms with van der Waals surface area (Å²) in [5.41, 5.74) is -0.277. The first-order valence-electron chi connectivity index (χ1n) is 8.04. The van der Waals surface area contributed by atoms with Crippen LogP contribution < -0.4 is 0 Å². The summed E-state index contributed by atoms with van der Waals surface area (Å²) in [5.74, 6) is 0.0501. The molecule has 4 aliphatic rings. The Hall–Kier alpha value is -0.900. The summed E-state index contributed by atoms with van der Waals surface area (Å²) in [6.45, 7) is 8.99. The van der Waals surface area contributed by atoms with Crippen molar-refractivity contribution in [2.24, 2.45) is 17.3 Å². The van der Waals surface area contributed by atoms with Crippen molar-refractivity contribution in [1.29, 1.82) is 0 Å².